The second-order valence-corrected chi connectivity index (χ2v) is 6.45. The van der Waals surface area contributed by atoms with Crippen molar-refractivity contribution in [2.75, 3.05) is 25.5 Å². The van der Waals surface area contributed by atoms with E-state index in [1.165, 1.54) is 16.7 Å². The summed E-state index contributed by atoms with van der Waals surface area (Å²) in [6.45, 7) is 7.25. The Morgan fingerprint density at radius 2 is 1.77 bits per heavy atom. The second kappa shape index (κ2) is 9.15. The van der Waals surface area contributed by atoms with Gasteiger partial charge >= 0.3 is 5.97 Å². The van der Waals surface area contributed by atoms with Crippen LogP contribution in [0.3, 0.4) is 0 Å². The van der Waals surface area contributed by atoms with Crippen LogP contribution >= 0.6 is 0 Å². The summed E-state index contributed by atoms with van der Waals surface area (Å²) in [5.74, 6) is -0.459. The van der Waals surface area contributed by atoms with Crippen molar-refractivity contribution in [2.45, 2.75) is 27.3 Å². The molecule has 0 aliphatic heterocycles. The fourth-order valence-electron chi connectivity index (χ4n) is 2.72. The van der Waals surface area contributed by atoms with Crippen molar-refractivity contribution in [1.29, 1.82) is 0 Å². The fourth-order valence-corrected chi connectivity index (χ4v) is 2.72. The van der Waals surface area contributed by atoms with Crippen LogP contribution in [0.25, 0.3) is 0 Å². The van der Waals surface area contributed by atoms with E-state index in [2.05, 4.69) is 37.4 Å². The smallest absolute Gasteiger partial charge is 0.338 e. The van der Waals surface area contributed by atoms with E-state index in [1.807, 2.05) is 11.9 Å². The maximum absolute atomic E-state index is 12.2. The molecule has 0 saturated carbocycles. The van der Waals surface area contributed by atoms with Crippen molar-refractivity contribution in [3.05, 3.63) is 64.7 Å². The molecular formula is C21H26N2O3. The van der Waals surface area contributed by atoms with Crippen LogP contribution in [0.5, 0.6) is 0 Å². The summed E-state index contributed by atoms with van der Waals surface area (Å²) >= 11 is 0. The van der Waals surface area contributed by atoms with Crippen molar-refractivity contribution in [2.24, 2.45) is 0 Å². The van der Waals surface area contributed by atoms with Gasteiger partial charge < -0.3 is 10.1 Å². The van der Waals surface area contributed by atoms with Crippen LogP contribution in [-0.2, 0) is 16.1 Å². The topological polar surface area (TPSA) is 58.6 Å². The monoisotopic (exact) mass is 354 g/mol. The number of hydrogen-bond donors (Lipinski definition) is 1. The molecule has 0 saturated heterocycles. The van der Waals surface area contributed by atoms with E-state index >= 15 is 0 Å². The molecule has 26 heavy (non-hydrogen) atoms. The van der Waals surface area contributed by atoms with Crippen molar-refractivity contribution >= 4 is 17.6 Å². The van der Waals surface area contributed by atoms with Gasteiger partial charge in [-0.1, -0.05) is 23.8 Å². The van der Waals surface area contributed by atoms with E-state index < -0.39 is 0 Å². The molecule has 2 aromatic rings. The molecule has 0 bridgehead atoms. The lowest BCUT2D eigenvalue weighted by Gasteiger charge is -2.18. The van der Waals surface area contributed by atoms with Gasteiger partial charge in [-0.05, 0) is 63.2 Å². The van der Waals surface area contributed by atoms with Gasteiger partial charge in [0.25, 0.3) is 0 Å². The van der Waals surface area contributed by atoms with Crippen LogP contribution in [0.1, 0.15) is 34.0 Å². The summed E-state index contributed by atoms with van der Waals surface area (Å²) in [6.07, 6.45) is 0. The third kappa shape index (κ3) is 5.70. The van der Waals surface area contributed by atoms with Gasteiger partial charge in [-0.15, -0.1) is 0 Å². The van der Waals surface area contributed by atoms with Crippen LogP contribution in [0.4, 0.5) is 5.69 Å². The summed E-state index contributed by atoms with van der Waals surface area (Å²) < 4.78 is 4.94. The molecule has 1 N–H and O–H groups in total. The molecule has 0 atom stereocenters. The van der Waals surface area contributed by atoms with Gasteiger partial charge in [0.2, 0.25) is 5.91 Å². The van der Waals surface area contributed by atoms with Gasteiger partial charge in [-0.2, -0.15) is 0 Å². The predicted molar refractivity (Wildman–Crippen MR) is 103 cm³/mol. The molecule has 1 amide bonds. The molecule has 0 unspecified atom stereocenters. The highest BCUT2D eigenvalue weighted by molar-refractivity contribution is 5.94. The standard InChI is InChI=1S/C21H26N2O3/c1-5-26-21(25)17-8-10-19(11-9-17)22-20(24)14-23(4)13-18-7-6-15(2)12-16(18)3/h6-12H,5,13-14H2,1-4H3,(H,22,24). The first-order valence-electron chi connectivity index (χ1n) is 8.70. The van der Waals surface area contributed by atoms with Gasteiger partial charge in [0.1, 0.15) is 0 Å². The van der Waals surface area contributed by atoms with Crippen LogP contribution in [0, 0.1) is 13.8 Å². The van der Waals surface area contributed by atoms with Gasteiger partial charge in [0.15, 0.2) is 0 Å². The number of aryl methyl sites for hydroxylation is 2. The van der Waals surface area contributed by atoms with E-state index in [0.29, 0.717) is 24.4 Å². The molecule has 5 nitrogen and oxygen atoms in total. The van der Waals surface area contributed by atoms with E-state index in [1.54, 1.807) is 31.2 Å². The molecular weight excluding hydrogens is 328 g/mol. The lowest BCUT2D eigenvalue weighted by atomic mass is 10.1. The number of benzene rings is 2. The Morgan fingerprint density at radius 1 is 1.08 bits per heavy atom. The average Bonchev–Trinajstić information content (AvgIpc) is 2.58. The van der Waals surface area contributed by atoms with Crippen molar-refractivity contribution in [1.82, 2.24) is 4.90 Å². The molecule has 2 aromatic carbocycles. The average molecular weight is 354 g/mol. The molecule has 5 heteroatoms. The van der Waals surface area contributed by atoms with Crippen molar-refractivity contribution in [3.63, 3.8) is 0 Å². The number of carbonyl (C=O) groups excluding carboxylic acids is 2. The Hall–Kier alpha value is -2.66. The SMILES string of the molecule is CCOC(=O)c1ccc(NC(=O)CN(C)Cc2ccc(C)cc2C)cc1. The number of likely N-dealkylation sites (N-methyl/N-ethyl adjacent to an activating group) is 1. The zero-order valence-electron chi connectivity index (χ0n) is 15.8. The van der Waals surface area contributed by atoms with Crippen molar-refractivity contribution < 1.29 is 14.3 Å². The molecule has 0 heterocycles. The Labute approximate surface area is 155 Å². The first-order chi connectivity index (χ1) is 12.4. The Morgan fingerprint density at radius 3 is 2.38 bits per heavy atom. The molecule has 0 spiro atoms. The Kier molecular flexibility index (Phi) is 6.92. The zero-order valence-corrected chi connectivity index (χ0v) is 15.8. The van der Waals surface area contributed by atoms with Crippen LogP contribution < -0.4 is 5.32 Å². The van der Waals surface area contributed by atoms with E-state index in [9.17, 15) is 9.59 Å². The maximum atomic E-state index is 12.2. The number of hydrogen-bond acceptors (Lipinski definition) is 4. The van der Waals surface area contributed by atoms with Gasteiger partial charge in [0, 0.05) is 12.2 Å². The number of nitrogens with one attached hydrogen (secondary N) is 1. The van der Waals surface area contributed by atoms with E-state index in [4.69, 9.17) is 4.74 Å². The van der Waals surface area contributed by atoms with Gasteiger partial charge in [0.05, 0.1) is 18.7 Å². The highest BCUT2D eigenvalue weighted by Gasteiger charge is 2.10. The molecule has 0 radical (unpaired) electrons. The molecule has 2 rings (SSSR count). The largest absolute Gasteiger partial charge is 0.462 e. The lowest BCUT2D eigenvalue weighted by molar-refractivity contribution is -0.117. The Bertz CT molecular complexity index is 769. The summed E-state index contributed by atoms with van der Waals surface area (Å²) in [5.41, 5.74) is 4.80. The number of ether oxygens (including phenoxy) is 1. The van der Waals surface area contributed by atoms with E-state index in [-0.39, 0.29) is 18.4 Å². The molecule has 0 aliphatic carbocycles. The summed E-state index contributed by atoms with van der Waals surface area (Å²) in [7, 11) is 1.92. The van der Waals surface area contributed by atoms with Gasteiger partial charge in [-0.25, -0.2) is 4.79 Å². The van der Waals surface area contributed by atoms with Crippen LogP contribution in [-0.4, -0.2) is 37.0 Å². The minimum atomic E-state index is -0.362. The maximum Gasteiger partial charge on any atom is 0.338 e. The first kappa shape index (κ1) is 19.7. The normalized spacial score (nSPS) is 10.7. The highest BCUT2D eigenvalue weighted by atomic mass is 16.5. The Balaban J connectivity index is 1.88. The number of nitrogens with zero attached hydrogens (tertiary/aromatic N) is 1. The first-order valence-corrected chi connectivity index (χ1v) is 8.70. The quantitative estimate of drug-likeness (QED) is 0.773. The number of rotatable bonds is 7. The third-order valence-corrected chi connectivity index (χ3v) is 4.03. The minimum absolute atomic E-state index is 0.0962. The lowest BCUT2D eigenvalue weighted by Crippen LogP contribution is -2.30. The fraction of sp³-hybridized carbons (Fsp3) is 0.333. The zero-order chi connectivity index (χ0) is 19.1. The van der Waals surface area contributed by atoms with Crippen molar-refractivity contribution in [3.8, 4) is 0 Å². The summed E-state index contributed by atoms with van der Waals surface area (Å²) in [6, 6.07) is 13.0. The van der Waals surface area contributed by atoms with Crippen LogP contribution in [0.15, 0.2) is 42.5 Å². The number of amides is 1. The predicted octanol–water partition coefficient (Wildman–Crippen LogP) is 3.55. The number of carbonyl (C=O) groups is 2. The van der Waals surface area contributed by atoms with Gasteiger partial charge in [-0.3, -0.25) is 9.69 Å². The molecule has 0 aromatic heterocycles. The number of esters is 1. The summed E-state index contributed by atoms with van der Waals surface area (Å²) in [4.78, 5) is 25.8. The highest BCUT2D eigenvalue weighted by Crippen LogP contribution is 2.13. The second-order valence-electron chi connectivity index (χ2n) is 6.45. The molecule has 0 aliphatic rings. The summed E-state index contributed by atoms with van der Waals surface area (Å²) in [5, 5.41) is 2.85. The third-order valence-electron chi connectivity index (χ3n) is 4.03. The van der Waals surface area contributed by atoms with Crippen LogP contribution in [0.2, 0.25) is 0 Å². The molecule has 138 valence electrons. The minimum Gasteiger partial charge on any atom is -0.462 e. The van der Waals surface area contributed by atoms with E-state index in [0.717, 1.165) is 0 Å². The molecule has 0 fully saturated rings. The number of anilines is 1.